The van der Waals surface area contributed by atoms with Gasteiger partial charge in [-0.25, -0.2) is 0 Å². The van der Waals surface area contributed by atoms with E-state index in [2.05, 4.69) is 0 Å². The molecule has 2 aromatic carbocycles. The van der Waals surface area contributed by atoms with Crippen LogP contribution in [-0.4, -0.2) is 11.9 Å². The molecule has 2 rings (SSSR count). The van der Waals surface area contributed by atoms with Crippen LogP contribution in [0, 0.1) is 5.41 Å². The molecule has 0 aliphatic rings. The van der Waals surface area contributed by atoms with Crippen molar-refractivity contribution < 1.29 is 9.47 Å². The summed E-state index contributed by atoms with van der Waals surface area (Å²) in [5.41, 5.74) is 5.42. The van der Waals surface area contributed by atoms with E-state index in [0.717, 1.165) is 23.7 Å². The first-order valence-electron chi connectivity index (χ1n) is 7.00. The van der Waals surface area contributed by atoms with E-state index >= 15 is 0 Å². The maximum Gasteiger partial charge on any atom is 0.127 e. The molecule has 1 unspecified atom stereocenters. The number of hydrogen-bond acceptors (Lipinski definition) is 3. The molecule has 0 radical (unpaired) electrons. The van der Waals surface area contributed by atoms with Gasteiger partial charge in [0.05, 0.1) is 5.84 Å². The molecule has 1 atom stereocenters. The third-order valence-electron chi connectivity index (χ3n) is 3.01. The normalized spacial score (nSPS) is 11.7. The fourth-order valence-corrected chi connectivity index (χ4v) is 1.92. The molecule has 4 nitrogen and oxygen atoms in total. The topological polar surface area (TPSA) is 68.3 Å². The van der Waals surface area contributed by atoms with Crippen molar-refractivity contribution in [2.75, 3.05) is 0 Å². The van der Waals surface area contributed by atoms with Gasteiger partial charge in [-0.2, -0.15) is 0 Å². The molecule has 3 N–H and O–H groups in total. The predicted molar refractivity (Wildman–Crippen MR) is 84.2 cm³/mol. The minimum atomic E-state index is -0.0663. The molecule has 0 heterocycles. The zero-order chi connectivity index (χ0) is 15.1. The molecule has 0 aliphatic carbocycles. The van der Waals surface area contributed by atoms with Gasteiger partial charge in [0.15, 0.2) is 0 Å². The lowest BCUT2D eigenvalue weighted by Gasteiger charge is -2.17. The van der Waals surface area contributed by atoms with Crippen molar-refractivity contribution in [2.45, 2.75) is 25.9 Å². The van der Waals surface area contributed by atoms with E-state index in [1.165, 1.54) is 0 Å². The Labute approximate surface area is 125 Å². The number of hydrogen-bond donors (Lipinski definition) is 2. The maximum absolute atomic E-state index is 7.33. The Hall–Kier alpha value is -2.49. The summed E-state index contributed by atoms with van der Waals surface area (Å²) in [5.74, 6) is 2.46. The van der Waals surface area contributed by atoms with E-state index in [0.29, 0.717) is 6.42 Å². The third-order valence-corrected chi connectivity index (χ3v) is 3.01. The first-order valence-corrected chi connectivity index (χ1v) is 7.00. The summed E-state index contributed by atoms with van der Waals surface area (Å²) in [4.78, 5) is 0. The van der Waals surface area contributed by atoms with Crippen LogP contribution in [0.25, 0.3) is 0 Å². The number of rotatable bonds is 7. The zero-order valence-electron chi connectivity index (χ0n) is 12.1. The van der Waals surface area contributed by atoms with Crippen LogP contribution in [0.5, 0.6) is 17.2 Å². The summed E-state index contributed by atoms with van der Waals surface area (Å²) in [6.45, 7) is 2.01. The molecule has 4 heteroatoms. The molecule has 0 fully saturated rings. The summed E-state index contributed by atoms with van der Waals surface area (Å²) >= 11 is 0. The van der Waals surface area contributed by atoms with Gasteiger partial charge in [-0.05, 0) is 42.8 Å². The smallest absolute Gasteiger partial charge is 0.127 e. The highest BCUT2D eigenvalue weighted by Crippen LogP contribution is 2.24. The quantitative estimate of drug-likeness (QED) is 0.597. The Morgan fingerprint density at radius 1 is 1.00 bits per heavy atom. The number of para-hydroxylation sites is 1. The van der Waals surface area contributed by atoms with Crippen LogP contribution in [0.2, 0.25) is 0 Å². The lowest BCUT2D eigenvalue weighted by Crippen LogP contribution is -2.23. The van der Waals surface area contributed by atoms with E-state index in [-0.39, 0.29) is 11.9 Å². The lowest BCUT2D eigenvalue weighted by molar-refractivity contribution is 0.204. The van der Waals surface area contributed by atoms with Crippen LogP contribution in [0.15, 0.2) is 54.6 Å². The molecule has 2 aromatic rings. The second-order valence-electron chi connectivity index (χ2n) is 4.76. The molecule has 0 saturated heterocycles. The Bertz CT molecular complexity index is 567. The van der Waals surface area contributed by atoms with Gasteiger partial charge in [0, 0.05) is 6.42 Å². The Kier molecular flexibility index (Phi) is 5.21. The minimum absolute atomic E-state index is 0.0663. The fourth-order valence-electron chi connectivity index (χ4n) is 1.92. The zero-order valence-corrected chi connectivity index (χ0v) is 12.1. The van der Waals surface area contributed by atoms with Gasteiger partial charge >= 0.3 is 0 Å². The summed E-state index contributed by atoms with van der Waals surface area (Å²) in [5, 5.41) is 7.33. The van der Waals surface area contributed by atoms with Gasteiger partial charge in [-0.15, -0.1) is 0 Å². The predicted octanol–water partition coefficient (Wildman–Crippen LogP) is 3.96. The average Bonchev–Trinajstić information content (AvgIpc) is 2.49. The fraction of sp³-hybridized carbons (Fsp3) is 0.235. The molecule has 21 heavy (non-hydrogen) atoms. The summed E-state index contributed by atoms with van der Waals surface area (Å²) in [6, 6.07) is 17.1. The van der Waals surface area contributed by atoms with Gasteiger partial charge in [-0.3, -0.25) is 5.41 Å². The SMILES string of the molecule is CCC(CC(=N)N)Oc1ccc(Oc2ccccc2)cc1. The first-order chi connectivity index (χ1) is 10.2. The van der Waals surface area contributed by atoms with E-state index < -0.39 is 0 Å². The van der Waals surface area contributed by atoms with Crippen molar-refractivity contribution in [3.63, 3.8) is 0 Å². The van der Waals surface area contributed by atoms with Gasteiger partial charge in [0.1, 0.15) is 23.4 Å². The van der Waals surface area contributed by atoms with Crippen molar-refractivity contribution in [3.8, 4) is 17.2 Å². The largest absolute Gasteiger partial charge is 0.490 e. The van der Waals surface area contributed by atoms with Crippen LogP contribution in [0.3, 0.4) is 0 Å². The van der Waals surface area contributed by atoms with Gasteiger partial charge in [0.25, 0.3) is 0 Å². The Morgan fingerprint density at radius 2 is 1.57 bits per heavy atom. The van der Waals surface area contributed by atoms with Crippen molar-refractivity contribution >= 4 is 5.84 Å². The molecule has 0 amide bonds. The van der Waals surface area contributed by atoms with Gasteiger partial charge < -0.3 is 15.2 Å². The van der Waals surface area contributed by atoms with Gasteiger partial charge in [0.2, 0.25) is 0 Å². The van der Waals surface area contributed by atoms with E-state index in [9.17, 15) is 0 Å². The second kappa shape index (κ2) is 7.33. The van der Waals surface area contributed by atoms with Crippen LogP contribution in [0.4, 0.5) is 0 Å². The molecular formula is C17H20N2O2. The van der Waals surface area contributed by atoms with Crippen molar-refractivity contribution in [3.05, 3.63) is 54.6 Å². The standard InChI is InChI=1S/C17H20N2O2/c1-2-13(12-17(18)19)20-15-8-10-16(11-9-15)21-14-6-4-3-5-7-14/h3-11,13H,2,12H2,1H3,(H3,18,19). The molecule has 0 spiro atoms. The number of benzene rings is 2. The van der Waals surface area contributed by atoms with Crippen LogP contribution < -0.4 is 15.2 Å². The maximum atomic E-state index is 7.33. The van der Waals surface area contributed by atoms with Crippen molar-refractivity contribution in [1.29, 1.82) is 5.41 Å². The van der Waals surface area contributed by atoms with Crippen LogP contribution >= 0.6 is 0 Å². The summed E-state index contributed by atoms with van der Waals surface area (Å²) in [6.07, 6.45) is 1.18. The van der Waals surface area contributed by atoms with Crippen LogP contribution in [-0.2, 0) is 0 Å². The Balaban J connectivity index is 1.97. The van der Waals surface area contributed by atoms with Crippen LogP contribution in [0.1, 0.15) is 19.8 Å². The number of ether oxygens (including phenoxy) is 2. The van der Waals surface area contributed by atoms with Crippen molar-refractivity contribution in [1.82, 2.24) is 0 Å². The number of amidine groups is 1. The summed E-state index contributed by atoms with van der Waals surface area (Å²) < 4.78 is 11.5. The Morgan fingerprint density at radius 3 is 2.14 bits per heavy atom. The molecule has 0 bridgehead atoms. The molecule has 110 valence electrons. The lowest BCUT2D eigenvalue weighted by atomic mass is 10.2. The monoisotopic (exact) mass is 284 g/mol. The first kappa shape index (κ1) is 14.9. The number of nitrogens with two attached hydrogens (primary N) is 1. The third kappa shape index (κ3) is 4.84. The number of nitrogens with one attached hydrogen (secondary N) is 1. The molecule has 0 saturated carbocycles. The van der Waals surface area contributed by atoms with E-state index in [4.69, 9.17) is 20.6 Å². The highest BCUT2D eigenvalue weighted by molar-refractivity contribution is 5.77. The minimum Gasteiger partial charge on any atom is -0.490 e. The second-order valence-corrected chi connectivity index (χ2v) is 4.76. The highest BCUT2D eigenvalue weighted by atomic mass is 16.5. The average molecular weight is 284 g/mol. The molecule has 0 aliphatic heterocycles. The van der Waals surface area contributed by atoms with Crippen molar-refractivity contribution in [2.24, 2.45) is 5.73 Å². The highest BCUT2D eigenvalue weighted by Gasteiger charge is 2.09. The summed E-state index contributed by atoms with van der Waals surface area (Å²) in [7, 11) is 0. The van der Waals surface area contributed by atoms with E-state index in [1.54, 1.807) is 0 Å². The molecular weight excluding hydrogens is 264 g/mol. The molecule has 0 aromatic heterocycles. The van der Waals surface area contributed by atoms with Gasteiger partial charge in [-0.1, -0.05) is 25.1 Å². The van der Waals surface area contributed by atoms with E-state index in [1.807, 2.05) is 61.5 Å².